The molecule has 9 nitrogen and oxygen atoms in total. The number of nitrogens with one attached hydrogen (secondary N) is 2. The average Bonchev–Trinajstić information content (AvgIpc) is 3.70. The number of ketones is 1. The Balaban J connectivity index is 1.31. The normalized spacial score (nSPS) is 15.7. The van der Waals surface area contributed by atoms with Crippen LogP contribution in [0, 0.1) is 5.82 Å². The molecule has 0 aromatic heterocycles. The van der Waals surface area contributed by atoms with Crippen molar-refractivity contribution in [2.24, 2.45) is 0 Å². The molecule has 2 N–H and O–H groups in total. The first-order valence-corrected chi connectivity index (χ1v) is 21.5. The summed E-state index contributed by atoms with van der Waals surface area (Å²) in [6, 6.07) is 42.1. The number of ether oxygens (including phenoxy) is 2. The number of aryl methyl sites for hydroxylation is 2. The van der Waals surface area contributed by atoms with Crippen molar-refractivity contribution in [3.8, 4) is 0 Å². The fourth-order valence-corrected chi connectivity index (χ4v) is 9.38. The lowest BCUT2D eigenvalue weighted by Crippen LogP contribution is -2.44. The Kier molecular flexibility index (Phi) is 14.8. The minimum absolute atomic E-state index is 0.126. The van der Waals surface area contributed by atoms with Gasteiger partial charge in [0, 0.05) is 42.6 Å². The summed E-state index contributed by atoms with van der Waals surface area (Å²) in [7, 11) is 0. The molecular weight excluding hydrogens is 790 g/mol. The van der Waals surface area contributed by atoms with Crippen LogP contribution in [-0.2, 0) is 36.7 Å². The van der Waals surface area contributed by atoms with Gasteiger partial charge in [0.2, 0.25) is 0 Å². The molecule has 0 aliphatic carbocycles. The smallest absolute Gasteiger partial charge is 0.414 e. The minimum atomic E-state index is -0.964. The van der Waals surface area contributed by atoms with Gasteiger partial charge in [-0.15, -0.1) is 11.8 Å². The second kappa shape index (κ2) is 20.2. The molecule has 1 saturated heterocycles. The summed E-state index contributed by atoms with van der Waals surface area (Å²) >= 11 is 1.90. The fraction of sp³-hybridized carbons (Fsp3) is 0.320. The highest BCUT2D eigenvalue weighted by atomic mass is 32.2. The van der Waals surface area contributed by atoms with Gasteiger partial charge in [0.15, 0.2) is 12.4 Å². The van der Waals surface area contributed by atoms with Crippen LogP contribution >= 0.6 is 11.8 Å². The summed E-state index contributed by atoms with van der Waals surface area (Å²) in [5.41, 5.74) is 4.98. The number of Topliss-reactive ketones (excluding diaryl/α,β-unsaturated/α-hetero) is 1. The van der Waals surface area contributed by atoms with E-state index < -0.39 is 46.7 Å². The quantitative estimate of drug-likeness (QED) is 0.0748. The number of benzene rings is 5. The fourth-order valence-electron chi connectivity index (χ4n) is 7.55. The standard InChI is InChI=1S/C50H54FN3O6S/c1-34(46(56)33-59-35(2)55)53-47(57)45-30-43(28-25-37(45)24-21-36-22-26-41(51)27-23-36)54(48(58)60-49(3,4)5)32-42-29-44(31-52-42)61-50(38-15-9-6-10-16-38,39-17-11-7-12-18-39)40-19-13-8-14-20-40/h6-20,22-23,25-28,30,34,42,44,52H,21,24,29,31-33H2,1-5H3,(H,53,57)/t34-,42-,44-/m0/s1. The summed E-state index contributed by atoms with van der Waals surface area (Å²) in [4.78, 5) is 53.9. The molecule has 0 unspecified atom stereocenters. The molecule has 11 heteroatoms. The van der Waals surface area contributed by atoms with Gasteiger partial charge in [0.05, 0.1) is 10.8 Å². The Morgan fingerprint density at radius 1 is 0.820 bits per heavy atom. The van der Waals surface area contributed by atoms with E-state index in [4.69, 9.17) is 9.47 Å². The van der Waals surface area contributed by atoms with E-state index in [1.165, 1.54) is 42.7 Å². The van der Waals surface area contributed by atoms with Gasteiger partial charge in [-0.2, -0.15) is 0 Å². The van der Waals surface area contributed by atoms with Crippen LogP contribution in [0.15, 0.2) is 133 Å². The Morgan fingerprint density at radius 3 is 1.93 bits per heavy atom. The first-order valence-electron chi connectivity index (χ1n) is 20.6. The Hall–Kier alpha value is -5.78. The van der Waals surface area contributed by atoms with Gasteiger partial charge < -0.3 is 20.1 Å². The summed E-state index contributed by atoms with van der Waals surface area (Å²) in [6.07, 6.45) is 1.11. The molecule has 6 rings (SSSR count). The van der Waals surface area contributed by atoms with Gasteiger partial charge in [-0.3, -0.25) is 19.3 Å². The molecule has 0 spiro atoms. The number of rotatable bonds is 16. The Morgan fingerprint density at radius 2 is 1.39 bits per heavy atom. The number of nitrogens with zero attached hydrogens (tertiary/aromatic N) is 1. The van der Waals surface area contributed by atoms with Crippen molar-refractivity contribution >= 4 is 41.2 Å². The number of hydrogen-bond acceptors (Lipinski definition) is 8. The van der Waals surface area contributed by atoms with E-state index in [1.54, 1.807) is 23.1 Å². The molecule has 5 aromatic carbocycles. The monoisotopic (exact) mass is 843 g/mol. The summed E-state index contributed by atoms with van der Waals surface area (Å²) < 4.78 is 24.0. The van der Waals surface area contributed by atoms with Gasteiger partial charge in [-0.05, 0) is 99.0 Å². The van der Waals surface area contributed by atoms with Crippen molar-refractivity contribution in [2.45, 2.75) is 81.6 Å². The zero-order valence-electron chi connectivity index (χ0n) is 35.4. The lowest BCUT2D eigenvalue weighted by atomic mass is 9.84. The van der Waals surface area contributed by atoms with E-state index in [9.17, 15) is 23.6 Å². The molecule has 3 atom stereocenters. The van der Waals surface area contributed by atoms with E-state index in [2.05, 4.69) is 83.4 Å². The highest BCUT2D eigenvalue weighted by Crippen LogP contribution is 2.51. The van der Waals surface area contributed by atoms with Crippen LogP contribution in [0.2, 0.25) is 0 Å². The summed E-state index contributed by atoms with van der Waals surface area (Å²) in [6.45, 7) is 8.65. The first kappa shape index (κ1) is 44.8. The topological polar surface area (TPSA) is 114 Å². The van der Waals surface area contributed by atoms with Crippen LogP contribution in [0.5, 0.6) is 0 Å². The van der Waals surface area contributed by atoms with Gasteiger partial charge in [-0.25, -0.2) is 9.18 Å². The molecule has 61 heavy (non-hydrogen) atoms. The zero-order valence-corrected chi connectivity index (χ0v) is 36.2. The van der Waals surface area contributed by atoms with Crippen LogP contribution in [0.25, 0.3) is 0 Å². The lowest BCUT2D eigenvalue weighted by Gasteiger charge is -2.37. The average molecular weight is 844 g/mol. The highest BCUT2D eigenvalue weighted by Gasteiger charge is 2.42. The number of anilines is 1. The number of hydrogen-bond donors (Lipinski definition) is 2. The van der Waals surface area contributed by atoms with E-state index in [1.807, 2.05) is 62.9 Å². The highest BCUT2D eigenvalue weighted by molar-refractivity contribution is 8.01. The molecule has 1 aliphatic heterocycles. The number of carbonyl (C=O) groups is 4. The van der Waals surface area contributed by atoms with E-state index in [0.29, 0.717) is 30.6 Å². The van der Waals surface area contributed by atoms with Gasteiger partial charge in [0.25, 0.3) is 5.91 Å². The number of amides is 2. The van der Waals surface area contributed by atoms with Crippen molar-refractivity contribution in [3.05, 3.63) is 173 Å². The predicted molar refractivity (Wildman–Crippen MR) is 239 cm³/mol. The van der Waals surface area contributed by atoms with Crippen LogP contribution in [0.3, 0.4) is 0 Å². The maximum absolute atomic E-state index is 14.2. The predicted octanol–water partition coefficient (Wildman–Crippen LogP) is 9.06. The lowest BCUT2D eigenvalue weighted by molar-refractivity contribution is -0.146. The van der Waals surface area contributed by atoms with Crippen molar-refractivity contribution in [3.63, 3.8) is 0 Å². The molecule has 0 radical (unpaired) electrons. The molecular formula is C50H54FN3O6S. The molecule has 1 heterocycles. The van der Waals surface area contributed by atoms with Crippen molar-refractivity contribution in [1.82, 2.24) is 10.6 Å². The van der Waals surface area contributed by atoms with E-state index >= 15 is 0 Å². The number of carbonyl (C=O) groups excluding carboxylic acids is 4. The third kappa shape index (κ3) is 11.7. The van der Waals surface area contributed by atoms with Crippen molar-refractivity contribution in [1.29, 1.82) is 0 Å². The van der Waals surface area contributed by atoms with Gasteiger partial charge >= 0.3 is 12.1 Å². The molecule has 1 aliphatic rings. The van der Waals surface area contributed by atoms with Crippen molar-refractivity contribution < 1.29 is 33.0 Å². The summed E-state index contributed by atoms with van der Waals surface area (Å²) in [5, 5.41) is 6.61. The maximum atomic E-state index is 14.2. The minimum Gasteiger partial charge on any atom is -0.458 e. The largest absolute Gasteiger partial charge is 0.458 e. The van der Waals surface area contributed by atoms with Crippen LogP contribution in [0.1, 0.15) is 79.2 Å². The van der Waals surface area contributed by atoms with Gasteiger partial charge in [-0.1, -0.05) is 109 Å². The third-order valence-corrected chi connectivity index (χ3v) is 12.3. The molecule has 2 amide bonds. The molecule has 1 fully saturated rings. The Bertz CT molecular complexity index is 2170. The molecule has 5 aromatic rings. The molecule has 0 saturated carbocycles. The van der Waals surface area contributed by atoms with Crippen molar-refractivity contribution in [2.75, 3.05) is 24.6 Å². The molecule has 318 valence electrons. The molecule has 0 bridgehead atoms. The number of thioether (sulfide) groups is 1. The second-order valence-electron chi connectivity index (χ2n) is 16.4. The van der Waals surface area contributed by atoms with Crippen LogP contribution in [-0.4, -0.2) is 66.4 Å². The van der Waals surface area contributed by atoms with E-state index in [0.717, 1.165) is 12.0 Å². The van der Waals surface area contributed by atoms with Gasteiger partial charge in [0.1, 0.15) is 11.4 Å². The maximum Gasteiger partial charge on any atom is 0.414 e. The third-order valence-electron chi connectivity index (χ3n) is 10.6. The SMILES string of the molecule is CC(=O)OCC(=O)[C@H](C)NC(=O)c1cc(N(C[C@@H]2C[C@H](SC(c3ccccc3)(c3ccccc3)c3ccccc3)CN2)C(=O)OC(C)(C)C)ccc1CCc1ccc(F)cc1. The number of halogens is 1. The van der Waals surface area contributed by atoms with Crippen LogP contribution in [0.4, 0.5) is 14.9 Å². The summed E-state index contributed by atoms with van der Waals surface area (Å²) in [5.74, 6) is -1.95. The van der Waals surface area contributed by atoms with E-state index in [-0.39, 0.29) is 29.2 Å². The Labute approximate surface area is 362 Å². The first-order chi connectivity index (χ1) is 29.2. The second-order valence-corrected chi connectivity index (χ2v) is 17.9. The van der Waals surface area contributed by atoms with Crippen LogP contribution < -0.4 is 15.5 Å². The number of esters is 1. The zero-order chi connectivity index (χ0) is 43.6.